The second-order valence-electron chi connectivity index (χ2n) is 6.71. The minimum Gasteiger partial charge on any atom is -1.00 e. The van der Waals surface area contributed by atoms with E-state index in [1.807, 2.05) is 36.4 Å². The van der Waals surface area contributed by atoms with E-state index in [0.717, 1.165) is 27.8 Å². The van der Waals surface area contributed by atoms with Crippen LogP contribution in [0.25, 0.3) is 5.57 Å². The monoisotopic (exact) mass is 383 g/mol. The Labute approximate surface area is 196 Å². The van der Waals surface area contributed by atoms with Gasteiger partial charge in [0.1, 0.15) is 0 Å². The number of allylic oxidation sites excluding steroid dienone is 1. The second-order valence-corrected chi connectivity index (χ2v) is 6.71. The first-order valence-corrected chi connectivity index (χ1v) is 9.39. The van der Waals surface area contributed by atoms with Gasteiger partial charge < -0.3 is 1.43 Å². The molecule has 4 aromatic carbocycles. The third-order valence-electron chi connectivity index (χ3n) is 5.18. The van der Waals surface area contributed by atoms with Crippen molar-refractivity contribution in [3.05, 3.63) is 144 Å². The van der Waals surface area contributed by atoms with Crippen LogP contribution < -0.4 is 29.6 Å². The van der Waals surface area contributed by atoms with Gasteiger partial charge in [-0.2, -0.15) is 0 Å². The summed E-state index contributed by atoms with van der Waals surface area (Å²) in [4.78, 5) is 0. The molecule has 1 nitrogen and oxygen atoms in total. The number of benzene rings is 4. The van der Waals surface area contributed by atoms with Crippen LogP contribution in [0.4, 0.5) is 0 Å². The summed E-state index contributed by atoms with van der Waals surface area (Å²) in [7, 11) is 0. The van der Waals surface area contributed by atoms with Gasteiger partial charge in [0.2, 0.25) is 0 Å². The van der Waals surface area contributed by atoms with Crippen molar-refractivity contribution in [1.29, 1.82) is 5.41 Å². The molecule has 1 N–H and O–H groups in total. The van der Waals surface area contributed by atoms with Gasteiger partial charge in [-0.15, -0.1) is 0 Å². The molecule has 29 heavy (non-hydrogen) atoms. The Morgan fingerprint density at radius 1 is 0.552 bits per heavy atom. The van der Waals surface area contributed by atoms with E-state index in [-0.39, 0.29) is 31.0 Å². The maximum absolute atomic E-state index is 8.31. The van der Waals surface area contributed by atoms with E-state index in [9.17, 15) is 0 Å². The topological polar surface area (TPSA) is 23.9 Å². The molecule has 0 amide bonds. The van der Waals surface area contributed by atoms with Gasteiger partial charge in [-0.05, 0) is 28.1 Å². The SMILES string of the molecule is N=C=C(c1ccccc1)C(c1ccccc1)(c1ccccc1)c1ccccc1.[H-].[Na+]. The Kier molecular flexibility index (Phi) is 7.04. The zero-order valence-corrected chi connectivity index (χ0v) is 18.5. The third kappa shape index (κ3) is 3.92. The van der Waals surface area contributed by atoms with Gasteiger partial charge in [-0.25, -0.2) is 0 Å². The van der Waals surface area contributed by atoms with Crippen LogP contribution in [0, 0.1) is 5.41 Å². The zero-order valence-electron chi connectivity index (χ0n) is 17.5. The van der Waals surface area contributed by atoms with Crippen LogP contribution >= 0.6 is 0 Å². The van der Waals surface area contributed by atoms with Crippen LogP contribution in [0.1, 0.15) is 23.7 Å². The Morgan fingerprint density at radius 3 is 1.17 bits per heavy atom. The first-order valence-electron chi connectivity index (χ1n) is 9.39. The summed E-state index contributed by atoms with van der Waals surface area (Å²) in [5, 5.41) is 8.31. The number of rotatable bonds is 5. The maximum atomic E-state index is 8.31. The number of hydrogen-bond donors (Lipinski definition) is 1. The molecule has 0 spiro atoms. The molecule has 0 radical (unpaired) electrons. The molecule has 0 saturated carbocycles. The Hall–Kier alpha value is -2.67. The van der Waals surface area contributed by atoms with Crippen molar-refractivity contribution in [3.8, 4) is 0 Å². The second kappa shape index (κ2) is 9.69. The van der Waals surface area contributed by atoms with Crippen LogP contribution in [0.2, 0.25) is 0 Å². The molecular weight excluding hydrogens is 361 g/mol. The largest absolute Gasteiger partial charge is 1.00 e. The van der Waals surface area contributed by atoms with Crippen LogP contribution in [-0.2, 0) is 5.41 Å². The average molecular weight is 383 g/mol. The van der Waals surface area contributed by atoms with Crippen LogP contribution in [0.5, 0.6) is 0 Å². The molecule has 0 aliphatic carbocycles. The van der Waals surface area contributed by atoms with Gasteiger partial charge in [0, 0.05) is 5.57 Å². The van der Waals surface area contributed by atoms with Crippen molar-refractivity contribution in [2.24, 2.45) is 0 Å². The van der Waals surface area contributed by atoms with Crippen molar-refractivity contribution in [2.75, 3.05) is 0 Å². The number of nitrogens with one attached hydrogen (secondary N) is 1. The van der Waals surface area contributed by atoms with E-state index in [4.69, 9.17) is 5.41 Å². The fraction of sp³-hybridized carbons (Fsp3) is 0.0370. The number of hydrogen-bond acceptors (Lipinski definition) is 1. The van der Waals surface area contributed by atoms with E-state index in [1.165, 1.54) is 0 Å². The third-order valence-corrected chi connectivity index (χ3v) is 5.18. The van der Waals surface area contributed by atoms with Gasteiger partial charge in [0.25, 0.3) is 0 Å². The fourth-order valence-electron chi connectivity index (χ4n) is 3.98. The van der Waals surface area contributed by atoms with Gasteiger partial charge in [0.15, 0.2) is 0 Å². The van der Waals surface area contributed by atoms with Gasteiger partial charge in [-0.3, -0.25) is 5.41 Å². The molecular formula is C27H22NNa. The molecule has 0 unspecified atom stereocenters. The summed E-state index contributed by atoms with van der Waals surface area (Å²) >= 11 is 0. The molecule has 0 aromatic heterocycles. The Balaban J connectivity index is 0.00000160. The van der Waals surface area contributed by atoms with Crippen molar-refractivity contribution in [1.82, 2.24) is 0 Å². The van der Waals surface area contributed by atoms with Crippen molar-refractivity contribution in [3.63, 3.8) is 0 Å². The van der Waals surface area contributed by atoms with E-state index in [1.54, 1.807) is 0 Å². The predicted molar refractivity (Wildman–Crippen MR) is 118 cm³/mol. The quantitative estimate of drug-likeness (QED) is 0.310. The zero-order chi connectivity index (χ0) is 19.2. The minimum absolute atomic E-state index is 0. The van der Waals surface area contributed by atoms with Crippen molar-refractivity contribution < 1.29 is 31.0 Å². The first kappa shape index (κ1) is 21.0. The molecule has 136 valence electrons. The predicted octanol–water partition coefficient (Wildman–Crippen LogP) is 3.47. The Bertz CT molecular complexity index is 994. The van der Waals surface area contributed by atoms with Crippen LogP contribution in [0.3, 0.4) is 0 Å². The molecule has 0 fully saturated rings. The summed E-state index contributed by atoms with van der Waals surface area (Å²) in [6.45, 7) is 0. The Morgan fingerprint density at radius 2 is 0.862 bits per heavy atom. The van der Waals surface area contributed by atoms with Gasteiger partial charge in [0.05, 0.1) is 5.41 Å². The van der Waals surface area contributed by atoms with E-state index in [0.29, 0.717) is 0 Å². The fourth-order valence-corrected chi connectivity index (χ4v) is 3.98. The molecule has 4 aromatic rings. The van der Waals surface area contributed by atoms with Crippen molar-refractivity contribution in [2.45, 2.75) is 5.41 Å². The van der Waals surface area contributed by atoms with Gasteiger partial charge >= 0.3 is 29.6 Å². The van der Waals surface area contributed by atoms with Crippen molar-refractivity contribution >= 4 is 11.4 Å². The summed E-state index contributed by atoms with van der Waals surface area (Å²) in [5.41, 5.74) is 4.54. The van der Waals surface area contributed by atoms with E-state index < -0.39 is 5.41 Å². The van der Waals surface area contributed by atoms with E-state index in [2.05, 4.69) is 90.8 Å². The summed E-state index contributed by atoms with van der Waals surface area (Å²) in [6, 6.07) is 41.4. The molecule has 0 heterocycles. The molecule has 0 aliphatic heterocycles. The van der Waals surface area contributed by atoms with Gasteiger partial charge in [-0.1, -0.05) is 121 Å². The van der Waals surface area contributed by atoms with E-state index >= 15 is 0 Å². The maximum Gasteiger partial charge on any atom is 1.00 e. The standard InChI is InChI=1S/C27H21N.Na.H/c28-21-26(22-13-5-1-6-14-22)27(23-15-7-2-8-16-23,24-17-9-3-10-18-24)25-19-11-4-12-20-25;;/h1-20,28H;;/q;+1;-1. The summed E-state index contributed by atoms with van der Waals surface area (Å²) in [5.74, 6) is 2.82. The van der Waals surface area contributed by atoms with Crippen LogP contribution in [0.15, 0.2) is 121 Å². The molecule has 4 rings (SSSR count). The molecule has 0 aliphatic rings. The molecule has 0 saturated heterocycles. The van der Waals surface area contributed by atoms with Crippen LogP contribution in [-0.4, -0.2) is 5.87 Å². The normalized spacial score (nSPS) is 10.5. The first-order chi connectivity index (χ1) is 13.9. The molecule has 2 heteroatoms. The molecule has 0 atom stereocenters. The summed E-state index contributed by atoms with van der Waals surface area (Å²) < 4.78 is 0. The average Bonchev–Trinajstić information content (AvgIpc) is 2.80. The minimum atomic E-state index is -0.632. The molecule has 0 bridgehead atoms. The summed E-state index contributed by atoms with van der Waals surface area (Å²) in [6.07, 6.45) is 0. The smallest absolute Gasteiger partial charge is 1.00 e.